The highest BCUT2D eigenvalue weighted by Crippen LogP contribution is 2.49. The molecule has 1 aliphatic heterocycles. The quantitative estimate of drug-likeness (QED) is 0.739. The first-order valence-corrected chi connectivity index (χ1v) is 6.40. The predicted molar refractivity (Wildman–Crippen MR) is 66.9 cm³/mol. The molecule has 1 aliphatic carbocycles. The van der Waals surface area contributed by atoms with Gasteiger partial charge in [-0.05, 0) is 47.7 Å². The summed E-state index contributed by atoms with van der Waals surface area (Å²) in [7, 11) is 4.28. The third-order valence-corrected chi connectivity index (χ3v) is 3.95. The van der Waals surface area contributed by atoms with Crippen molar-refractivity contribution < 1.29 is 9.53 Å². The van der Waals surface area contributed by atoms with Crippen LogP contribution in [-0.2, 0) is 4.74 Å². The van der Waals surface area contributed by atoms with Gasteiger partial charge in [-0.3, -0.25) is 0 Å². The minimum Gasteiger partial charge on any atom is -0.444 e. The van der Waals surface area contributed by atoms with Crippen molar-refractivity contribution in [2.45, 2.75) is 44.8 Å². The maximum atomic E-state index is 11.8. The Hall–Kier alpha value is -0.770. The van der Waals surface area contributed by atoms with Crippen molar-refractivity contribution >= 4 is 6.09 Å². The van der Waals surface area contributed by atoms with Gasteiger partial charge in [0, 0.05) is 24.5 Å². The van der Waals surface area contributed by atoms with Gasteiger partial charge in [0.05, 0.1) is 0 Å². The molecule has 2 rings (SSSR count). The van der Waals surface area contributed by atoms with Gasteiger partial charge in [-0.25, -0.2) is 4.79 Å². The molecule has 98 valence electrons. The van der Waals surface area contributed by atoms with Crippen molar-refractivity contribution in [1.82, 2.24) is 9.80 Å². The van der Waals surface area contributed by atoms with E-state index >= 15 is 0 Å². The van der Waals surface area contributed by atoms with Gasteiger partial charge in [0.1, 0.15) is 5.60 Å². The number of amides is 1. The normalized spacial score (nSPS) is 23.5. The van der Waals surface area contributed by atoms with E-state index in [1.807, 2.05) is 25.7 Å². The molecule has 1 amide bonds. The Bertz CT molecular complexity index is 310. The molecule has 0 radical (unpaired) electrons. The SMILES string of the molecule is CN(C)C1(C2CN(C(=O)OC(C)(C)C)C2)CC1. The van der Waals surface area contributed by atoms with Crippen LogP contribution in [0.1, 0.15) is 33.6 Å². The van der Waals surface area contributed by atoms with Gasteiger partial charge in [0.2, 0.25) is 0 Å². The Morgan fingerprint density at radius 2 is 1.82 bits per heavy atom. The highest BCUT2D eigenvalue weighted by atomic mass is 16.6. The molecule has 17 heavy (non-hydrogen) atoms. The van der Waals surface area contributed by atoms with Gasteiger partial charge in [0.15, 0.2) is 0 Å². The van der Waals surface area contributed by atoms with Crippen molar-refractivity contribution in [1.29, 1.82) is 0 Å². The summed E-state index contributed by atoms with van der Waals surface area (Å²) in [5, 5.41) is 0. The second-order valence-electron chi connectivity index (χ2n) is 6.58. The van der Waals surface area contributed by atoms with Crippen LogP contribution in [0.3, 0.4) is 0 Å². The topological polar surface area (TPSA) is 32.8 Å². The second-order valence-corrected chi connectivity index (χ2v) is 6.58. The smallest absolute Gasteiger partial charge is 0.410 e. The average molecular weight is 240 g/mol. The lowest BCUT2D eigenvalue weighted by atomic mass is 9.88. The molecule has 0 atom stereocenters. The number of hydrogen-bond acceptors (Lipinski definition) is 3. The lowest BCUT2D eigenvalue weighted by Gasteiger charge is -2.46. The molecule has 1 heterocycles. The maximum Gasteiger partial charge on any atom is 0.410 e. The van der Waals surface area contributed by atoms with Crippen LogP contribution in [0, 0.1) is 5.92 Å². The number of nitrogens with zero attached hydrogens (tertiary/aromatic N) is 2. The van der Waals surface area contributed by atoms with E-state index in [9.17, 15) is 4.79 Å². The number of rotatable bonds is 2. The van der Waals surface area contributed by atoms with Crippen LogP contribution >= 0.6 is 0 Å². The number of ether oxygens (including phenoxy) is 1. The van der Waals surface area contributed by atoms with Crippen molar-refractivity contribution in [3.8, 4) is 0 Å². The second kappa shape index (κ2) is 3.87. The minimum absolute atomic E-state index is 0.164. The van der Waals surface area contributed by atoms with Crippen LogP contribution in [0.5, 0.6) is 0 Å². The molecule has 4 heteroatoms. The Kier molecular flexibility index (Phi) is 2.89. The van der Waals surface area contributed by atoms with Crippen LogP contribution in [-0.4, -0.2) is 54.2 Å². The molecule has 4 nitrogen and oxygen atoms in total. The summed E-state index contributed by atoms with van der Waals surface area (Å²) < 4.78 is 5.36. The van der Waals surface area contributed by atoms with E-state index in [0.29, 0.717) is 11.5 Å². The molecular formula is C13H24N2O2. The lowest BCUT2D eigenvalue weighted by Crippen LogP contribution is -2.59. The fourth-order valence-electron chi connectivity index (χ4n) is 2.64. The molecule has 0 N–H and O–H groups in total. The minimum atomic E-state index is -0.388. The summed E-state index contributed by atoms with van der Waals surface area (Å²) in [4.78, 5) is 15.9. The molecular weight excluding hydrogens is 216 g/mol. The van der Waals surface area contributed by atoms with E-state index in [4.69, 9.17) is 4.74 Å². The van der Waals surface area contributed by atoms with E-state index in [1.54, 1.807) is 0 Å². The first kappa shape index (κ1) is 12.7. The number of likely N-dealkylation sites (tertiary alicyclic amines) is 1. The molecule has 0 aromatic heterocycles. The van der Waals surface area contributed by atoms with Crippen molar-refractivity contribution in [3.05, 3.63) is 0 Å². The molecule has 1 saturated heterocycles. The summed E-state index contributed by atoms with van der Waals surface area (Å²) in [6, 6.07) is 0. The van der Waals surface area contributed by atoms with Gasteiger partial charge in [-0.2, -0.15) is 0 Å². The van der Waals surface area contributed by atoms with E-state index in [1.165, 1.54) is 12.8 Å². The molecule has 0 unspecified atom stereocenters. The highest BCUT2D eigenvalue weighted by molar-refractivity contribution is 5.69. The first-order valence-electron chi connectivity index (χ1n) is 6.40. The van der Waals surface area contributed by atoms with Crippen molar-refractivity contribution in [2.24, 2.45) is 5.92 Å². The van der Waals surface area contributed by atoms with Crippen LogP contribution in [0.2, 0.25) is 0 Å². The van der Waals surface area contributed by atoms with Gasteiger partial charge in [-0.15, -0.1) is 0 Å². The number of carbonyl (C=O) groups is 1. The summed E-state index contributed by atoms with van der Waals surface area (Å²) in [6.07, 6.45) is 2.38. The zero-order valence-corrected chi connectivity index (χ0v) is 11.6. The third-order valence-electron chi connectivity index (χ3n) is 3.95. The zero-order valence-electron chi connectivity index (χ0n) is 11.6. The predicted octanol–water partition coefficient (Wildman–Crippen LogP) is 1.95. The zero-order chi connectivity index (χ0) is 12.8. The molecule has 2 fully saturated rings. The molecule has 0 bridgehead atoms. The third kappa shape index (κ3) is 2.41. The molecule has 1 saturated carbocycles. The first-order chi connectivity index (χ1) is 7.74. The van der Waals surface area contributed by atoms with Gasteiger partial charge in [0.25, 0.3) is 0 Å². The van der Waals surface area contributed by atoms with Gasteiger partial charge >= 0.3 is 6.09 Å². The highest BCUT2D eigenvalue weighted by Gasteiger charge is 2.56. The van der Waals surface area contributed by atoms with Gasteiger partial charge < -0.3 is 14.5 Å². The number of hydrogen-bond donors (Lipinski definition) is 0. The average Bonchev–Trinajstić information content (AvgIpc) is 2.78. The Morgan fingerprint density at radius 3 is 2.18 bits per heavy atom. The van der Waals surface area contributed by atoms with Crippen LogP contribution < -0.4 is 0 Å². The van der Waals surface area contributed by atoms with E-state index in [0.717, 1.165) is 13.1 Å². The summed E-state index contributed by atoms with van der Waals surface area (Å²) in [5.74, 6) is 0.630. The van der Waals surface area contributed by atoms with Crippen LogP contribution in [0.25, 0.3) is 0 Å². The van der Waals surface area contributed by atoms with Gasteiger partial charge in [-0.1, -0.05) is 0 Å². The Labute approximate surface area is 104 Å². The van der Waals surface area contributed by atoms with Crippen molar-refractivity contribution in [2.75, 3.05) is 27.2 Å². The summed E-state index contributed by atoms with van der Waals surface area (Å²) in [6.45, 7) is 7.43. The Balaban J connectivity index is 1.81. The summed E-state index contributed by atoms with van der Waals surface area (Å²) >= 11 is 0. The Morgan fingerprint density at radius 1 is 1.29 bits per heavy atom. The standard InChI is InChI=1S/C13H24N2O2/c1-12(2,3)17-11(16)15-8-10(9-15)13(6-7-13)14(4)5/h10H,6-9H2,1-5H3. The maximum absolute atomic E-state index is 11.8. The fourth-order valence-corrected chi connectivity index (χ4v) is 2.64. The molecule has 0 spiro atoms. The van der Waals surface area contributed by atoms with E-state index in [2.05, 4.69) is 19.0 Å². The fraction of sp³-hybridized carbons (Fsp3) is 0.923. The van der Waals surface area contributed by atoms with Crippen LogP contribution in [0.15, 0.2) is 0 Å². The largest absolute Gasteiger partial charge is 0.444 e. The lowest BCUT2D eigenvalue weighted by molar-refractivity contribution is -0.0192. The van der Waals surface area contributed by atoms with E-state index < -0.39 is 0 Å². The monoisotopic (exact) mass is 240 g/mol. The summed E-state index contributed by atoms with van der Waals surface area (Å²) in [5.41, 5.74) is -0.0144. The van der Waals surface area contributed by atoms with Crippen LogP contribution in [0.4, 0.5) is 4.79 Å². The molecule has 0 aromatic carbocycles. The molecule has 2 aliphatic rings. The number of carbonyl (C=O) groups excluding carboxylic acids is 1. The van der Waals surface area contributed by atoms with Crippen molar-refractivity contribution in [3.63, 3.8) is 0 Å². The molecule has 0 aromatic rings. The van der Waals surface area contributed by atoms with E-state index in [-0.39, 0.29) is 11.7 Å².